The number of nitrogens with one attached hydrogen (secondary N) is 2. The van der Waals surface area contributed by atoms with Crippen molar-refractivity contribution in [3.8, 4) is 5.75 Å². The Bertz CT molecular complexity index is 888. The predicted octanol–water partition coefficient (Wildman–Crippen LogP) is 3.15. The summed E-state index contributed by atoms with van der Waals surface area (Å²) in [4.78, 5) is 12.5. The van der Waals surface area contributed by atoms with Gasteiger partial charge in [0.15, 0.2) is 0 Å². The van der Waals surface area contributed by atoms with Gasteiger partial charge in [0, 0.05) is 11.6 Å². The van der Waals surface area contributed by atoms with Gasteiger partial charge in [-0.15, -0.1) is 0 Å². The van der Waals surface area contributed by atoms with Crippen LogP contribution in [0.2, 0.25) is 5.02 Å². The lowest BCUT2D eigenvalue weighted by Gasteiger charge is -2.19. The van der Waals surface area contributed by atoms with Gasteiger partial charge in [-0.1, -0.05) is 55.3 Å². The number of halogens is 1. The van der Waals surface area contributed by atoms with Crippen molar-refractivity contribution in [3.63, 3.8) is 0 Å². The predicted molar refractivity (Wildman–Crippen MR) is 110 cm³/mol. The van der Waals surface area contributed by atoms with Crippen LogP contribution in [0, 0.1) is 0 Å². The molecule has 1 amide bonds. The summed E-state index contributed by atoms with van der Waals surface area (Å²) >= 11 is 5.97. The van der Waals surface area contributed by atoms with Crippen molar-refractivity contribution >= 4 is 27.5 Å². The SMILES string of the molecule is CCCCNC(=O)[C@@H](Cc1ccccc1)NS(=O)(=O)c1cc(Cl)ccc1OC. The highest BCUT2D eigenvalue weighted by atomic mass is 35.5. The minimum atomic E-state index is -4.04. The summed E-state index contributed by atoms with van der Waals surface area (Å²) < 4.78 is 33.6. The van der Waals surface area contributed by atoms with E-state index in [1.165, 1.54) is 25.3 Å². The van der Waals surface area contributed by atoms with Crippen LogP contribution in [-0.4, -0.2) is 34.0 Å². The van der Waals surface area contributed by atoms with Crippen LogP contribution < -0.4 is 14.8 Å². The van der Waals surface area contributed by atoms with Gasteiger partial charge in [-0.3, -0.25) is 4.79 Å². The minimum Gasteiger partial charge on any atom is -0.495 e. The molecule has 2 aromatic carbocycles. The summed E-state index contributed by atoms with van der Waals surface area (Å²) in [5, 5.41) is 3.05. The molecule has 1 atom stereocenters. The molecule has 0 fully saturated rings. The largest absolute Gasteiger partial charge is 0.495 e. The molecule has 2 N–H and O–H groups in total. The zero-order valence-corrected chi connectivity index (χ0v) is 17.5. The van der Waals surface area contributed by atoms with Crippen LogP contribution in [0.4, 0.5) is 0 Å². The maximum atomic E-state index is 13.0. The maximum absolute atomic E-state index is 13.0. The number of ether oxygens (including phenoxy) is 1. The molecule has 6 nitrogen and oxygen atoms in total. The monoisotopic (exact) mass is 424 g/mol. The van der Waals surface area contributed by atoms with Crippen molar-refractivity contribution in [3.05, 3.63) is 59.1 Å². The molecule has 0 aliphatic rings. The number of benzene rings is 2. The first-order valence-electron chi connectivity index (χ1n) is 9.05. The quantitative estimate of drug-likeness (QED) is 0.574. The third kappa shape index (κ3) is 6.22. The summed E-state index contributed by atoms with van der Waals surface area (Å²) in [5.41, 5.74) is 0.846. The van der Waals surface area contributed by atoms with E-state index in [9.17, 15) is 13.2 Å². The molecule has 0 bridgehead atoms. The molecule has 2 rings (SSSR count). The number of rotatable bonds is 10. The zero-order chi connectivity index (χ0) is 20.6. The van der Waals surface area contributed by atoms with E-state index in [2.05, 4.69) is 10.0 Å². The van der Waals surface area contributed by atoms with E-state index in [1.807, 2.05) is 37.3 Å². The number of unbranched alkanes of at least 4 members (excludes halogenated alkanes) is 1. The summed E-state index contributed by atoms with van der Waals surface area (Å²) in [6.45, 7) is 2.50. The van der Waals surface area contributed by atoms with Crippen molar-refractivity contribution in [1.82, 2.24) is 10.0 Å². The van der Waals surface area contributed by atoms with Gasteiger partial charge in [-0.2, -0.15) is 4.72 Å². The molecule has 2 aromatic rings. The Hall–Kier alpha value is -2.09. The van der Waals surface area contributed by atoms with Crippen molar-refractivity contribution < 1.29 is 17.9 Å². The Morgan fingerprint density at radius 3 is 2.54 bits per heavy atom. The Kier molecular flexibility index (Phi) is 8.29. The number of amides is 1. The fourth-order valence-electron chi connectivity index (χ4n) is 2.66. The molecule has 0 aromatic heterocycles. The van der Waals surface area contributed by atoms with Gasteiger partial charge < -0.3 is 10.1 Å². The summed E-state index contributed by atoms with van der Waals surface area (Å²) in [7, 11) is -2.66. The van der Waals surface area contributed by atoms with Gasteiger partial charge in [-0.25, -0.2) is 8.42 Å². The van der Waals surface area contributed by atoms with Gasteiger partial charge in [0.05, 0.1) is 7.11 Å². The van der Waals surface area contributed by atoms with Crippen LogP contribution in [0.3, 0.4) is 0 Å². The fourth-order valence-corrected chi connectivity index (χ4v) is 4.29. The maximum Gasteiger partial charge on any atom is 0.245 e. The summed E-state index contributed by atoms with van der Waals surface area (Å²) in [6, 6.07) is 12.6. The molecule has 0 saturated heterocycles. The van der Waals surface area contributed by atoms with E-state index in [4.69, 9.17) is 16.3 Å². The van der Waals surface area contributed by atoms with E-state index in [0.717, 1.165) is 18.4 Å². The average Bonchev–Trinajstić information content (AvgIpc) is 2.68. The lowest BCUT2D eigenvalue weighted by molar-refractivity contribution is -0.122. The van der Waals surface area contributed by atoms with Gasteiger partial charge in [0.1, 0.15) is 16.7 Å². The summed E-state index contributed by atoms with van der Waals surface area (Å²) in [5.74, 6) is -0.219. The molecule has 28 heavy (non-hydrogen) atoms. The van der Waals surface area contributed by atoms with Crippen molar-refractivity contribution in [1.29, 1.82) is 0 Å². The number of sulfonamides is 1. The Morgan fingerprint density at radius 2 is 1.89 bits per heavy atom. The number of carbonyl (C=O) groups excluding carboxylic acids is 1. The van der Waals surface area contributed by atoms with Crippen LogP contribution in [0.5, 0.6) is 5.75 Å². The van der Waals surface area contributed by atoms with E-state index >= 15 is 0 Å². The first-order valence-corrected chi connectivity index (χ1v) is 10.9. The Balaban J connectivity index is 2.29. The molecule has 0 unspecified atom stereocenters. The molecule has 0 saturated carbocycles. The smallest absolute Gasteiger partial charge is 0.245 e. The van der Waals surface area contributed by atoms with Crippen LogP contribution in [0.1, 0.15) is 25.3 Å². The first-order chi connectivity index (χ1) is 13.4. The van der Waals surface area contributed by atoms with E-state index in [1.54, 1.807) is 0 Å². The number of methoxy groups -OCH3 is 1. The topological polar surface area (TPSA) is 84.5 Å². The van der Waals surface area contributed by atoms with Crippen LogP contribution in [-0.2, 0) is 21.2 Å². The molecule has 0 aliphatic heterocycles. The minimum absolute atomic E-state index is 0.109. The highest BCUT2D eigenvalue weighted by Gasteiger charge is 2.28. The Labute approximate surface area is 171 Å². The number of hydrogen-bond donors (Lipinski definition) is 2. The third-order valence-electron chi connectivity index (χ3n) is 4.14. The van der Waals surface area contributed by atoms with Gasteiger partial charge in [0.2, 0.25) is 15.9 Å². The van der Waals surface area contributed by atoms with E-state index in [0.29, 0.717) is 6.54 Å². The molecule has 0 aliphatic carbocycles. The van der Waals surface area contributed by atoms with Gasteiger partial charge >= 0.3 is 0 Å². The van der Waals surface area contributed by atoms with Crippen molar-refractivity contribution in [2.75, 3.05) is 13.7 Å². The standard InChI is InChI=1S/C20H25ClN2O4S/c1-3-4-12-22-20(24)17(13-15-8-6-5-7-9-15)23-28(25,26)19-14-16(21)10-11-18(19)27-2/h5-11,14,17,23H,3-4,12-13H2,1-2H3,(H,22,24)/t17-/m1/s1. The third-order valence-corrected chi connectivity index (χ3v) is 5.87. The van der Waals surface area contributed by atoms with Crippen molar-refractivity contribution in [2.45, 2.75) is 37.1 Å². The lowest BCUT2D eigenvalue weighted by atomic mass is 10.1. The zero-order valence-electron chi connectivity index (χ0n) is 15.9. The normalized spacial score (nSPS) is 12.4. The molecular formula is C20H25ClN2O4S. The molecule has 0 heterocycles. The number of hydrogen-bond acceptors (Lipinski definition) is 4. The fraction of sp³-hybridized carbons (Fsp3) is 0.350. The van der Waals surface area contributed by atoms with E-state index < -0.39 is 16.1 Å². The second-order valence-electron chi connectivity index (χ2n) is 6.30. The summed E-state index contributed by atoms with van der Waals surface area (Å²) in [6.07, 6.45) is 1.97. The number of carbonyl (C=O) groups is 1. The molecule has 152 valence electrons. The van der Waals surface area contributed by atoms with Crippen LogP contribution in [0.25, 0.3) is 0 Å². The van der Waals surface area contributed by atoms with Crippen LogP contribution >= 0.6 is 11.6 Å². The second-order valence-corrected chi connectivity index (χ2v) is 8.42. The highest BCUT2D eigenvalue weighted by Crippen LogP contribution is 2.27. The average molecular weight is 425 g/mol. The Morgan fingerprint density at radius 1 is 1.18 bits per heavy atom. The molecule has 0 radical (unpaired) electrons. The first kappa shape index (κ1) is 22.2. The van der Waals surface area contributed by atoms with Crippen LogP contribution in [0.15, 0.2) is 53.4 Å². The van der Waals surface area contributed by atoms with Crippen molar-refractivity contribution in [2.24, 2.45) is 0 Å². The van der Waals surface area contributed by atoms with Gasteiger partial charge in [-0.05, 0) is 36.6 Å². The molecule has 0 spiro atoms. The molecular weight excluding hydrogens is 400 g/mol. The van der Waals surface area contributed by atoms with E-state index in [-0.39, 0.29) is 28.0 Å². The highest BCUT2D eigenvalue weighted by molar-refractivity contribution is 7.89. The lowest BCUT2D eigenvalue weighted by Crippen LogP contribution is -2.48. The van der Waals surface area contributed by atoms with Gasteiger partial charge in [0.25, 0.3) is 0 Å². The molecule has 8 heteroatoms. The second kappa shape index (κ2) is 10.5.